The van der Waals surface area contributed by atoms with Gasteiger partial charge in [-0.3, -0.25) is 9.52 Å². The summed E-state index contributed by atoms with van der Waals surface area (Å²) in [6.07, 6.45) is 1.58. The highest BCUT2D eigenvalue weighted by molar-refractivity contribution is 7.92. The fourth-order valence-corrected chi connectivity index (χ4v) is 5.73. The Balaban J connectivity index is 1.97. The fourth-order valence-electron chi connectivity index (χ4n) is 2.98. The van der Waals surface area contributed by atoms with Crippen LogP contribution in [0.2, 0.25) is 15.1 Å². The van der Waals surface area contributed by atoms with Gasteiger partial charge in [-0.25, -0.2) is 21.1 Å². The molecule has 3 aromatic rings. The van der Waals surface area contributed by atoms with Crippen molar-refractivity contribution in [2.45, 2.75) is 16.7 Å². The molecule has 0 radical (unpaired) electrons. The molecule has 0 bridgehead atoms. The number of hydrogen-bond donors (Lipinski definition) is 2. The molecule has 0 saturated carbocycles. The molecule has 36 heavy (non-hydrogen) atoms. The van der Waals surface area contributed by atoms with Crippen LogP contribution in [0.4, 0.5) is 11.4 Å². The zero-order chi connectivity index (χ0) is 26.7. The second-order valence-corrected chi connectivity index (χ2v) is 11.9. The number of amides is 1. The molecule has 14 heteroatoms. The van der Waals surface area contributed by atoms with Gasteiger partial charge in [0.1, 0.15) is 0 Å². The molecule has 0 aliphatic heterocycles. The smallest absolute Gasteiger partial charge is 0.272 e. The van der Waals surface area contributed by atoms with Gasteiger partial charge in [-0.15, -0.1) is 0 Å². The monoisotopic (exact) mass is 586 g/mol. The molecule has 0 heterocycles. The molecule has 0 aliphatic carbocycles. The number of hydrogen-bond acceptors (Lipinski definition) is 6. The first-order valence-corrected chi connectivity index (χ1v) is 14.1. The second kappa shape index (κ2) is 10.9. The Morgan fingerprint density at radius 3 is 2.11 bits per heavy atom. The lowest BCUT2D eigenvalue weighted by molar-refractivity contribution is 0.102. The fraction of sp³-hybridized carbons (Fsp3) is 0.0909. The Morgan fingerprint density at radius 2 is 1.50 bits per heavy atom. The minimum absolute atomic E-state index is 0.00706. The van der Waals surface area contributed by atoms with Gasteiger partial charge in [0.25, 0.3) is 26.0 Å². The molecule has 9 nitrogen and oxygen atoms in total. The van der Waals surface area contributed by atoms with Crippen molar-refractivity contribution in [3.8, 4) is 6.19 Å². The number of benzene rings is 3. The summed E-state index contributed by atoms with van der Waals surface area (Å²) in [5.41, 5.74) is -0.326. The van der Waals surface area contributed by atoms with E-state index in [1.54, 1.807) is 6.19 Å². The van der Waals surface area contributed by atoms with Crippen LogP contribution in [0.5, 0.6) is 0 Å². The van der Waals surface area contributed by atoms with E-state index < -0.39 is 26.0 Å². The summed E-state index contributed by atoms with van der Waals surface area (Å²) in [5.74, 6) is -0.824. The first-order chi connectivity index (χ1) is 16.9. The standard InChI is InChI=1S/C22H17Cl3N4O5S2/c1-2-29(13-26)36(33,34)17-8-9-19(25)21(12-17)27-22(30)18-11-15(24)5-10-20(18)28-35(31,32)16-6-3-14(23)4-7-16/h3-12,28H,2H2,1H3,(H,27,30). The largest absolute Gasteiger partial charge is 0.321 e. The lowest BCUT2D eigenvalue weighted by atomic mass is 10.1. The number of nitriles is 1. The van der Waals surface area contributed by atoms with E-state index in [0.717, 1.165) is 6.07 Å². The summed E-state index contributed by atoms with van der Waals surface area (Å²) in [5, 5.41) is 12.1. The lowest BCUT2D eigenvalue weighted by Crippen LogP contribution is -2.26. The lowest BCUT2D eigenvalue weighted by Gasteiger charge is -2.16. The van der Waals surface area contributed by atoms with Crippen molar-refractivity contribution in [2.24, 2.45) is 0 Å². The first-order valence-electron chi connectivity index (χ1n) is 10.0. The van der Waals surface area contributed by atoms with E-state index in [1.165, 1.54) is 61.5 Å². The van der Waals surface area contributed by atoms with Crippen molar-refractivity contribution in [3.63, 3.8) is 0 Å². The number of halogens is 3. The molecule has 188 valence electrons. The number of nitrogens with zero attached hydrogens (tertiary/aromatic N) is 2. The van der Waals surface area contributed by atoms with Crippen molar-refractivity contribution in [2.75, 3.05) is 16.6 Å². The Kier molecular flexibility index (Phi) is 8.38. The van der Waals surface area contributed by atoms with Gasteiger partial charge in [0.15, 0.2) is 6.19 Å². The number of carbonyl (C=O) groups excluding carboxylic acids is 1. The minimum Gasteiger partial charge on any atom is -0.321 e. The Morgan fingerprint density at radius 1 is 0.889 bits per heavy atom. The maximum absolute atomic E-state index is 13.1. The average molecular weight is 588 g/mol. The minimum atomic E-state index is -4.17. The Labute approximate surface area is 223 Å². The highest BCUT2D eigenvalue weighted by atomic mass is 35.5. The van der Waals surface area contributed by atoms with E-state index in [-0.39, 0.29) is 43.3 Å². The molecule has 0 unspecified atom stereocenters. The van der Waals surface area contributed by atoms with Crippen molar-refractivity contribution < 1.29 is 21.6 Å². The van der Waals surface area contributed by atoms with Crippen molar-refractivity contribution in [1.82, 2.24) is 4.31 Å². The van der Waals surface area contributed by atoms with Crippen LogP contribution >= 0.6 is 34.8 Å². The summed E-state index contributed by atoms with van der Waals surface area (Å²) in [6, 6.07) is 12.9. The molecule has 0 fully saturated rings. The van der Waals surface area contributed by atoms with Crippen LogP contribution in [-0.4, -0.2) is 33.6 Å². The molecule has 3 aromatic carbocycles. The zero-order valence-electron chi connectivity index (χ0n) is 18.4. The predicted octanol–water partition coefficient (Wildman–Crippen LogP) is 5.19. The molecule has 0 atom stereocenters. The molecule has 1 amide bonds. The maximum atomic E-state index is 13.1. The van der Waals surface area contributed by atoms with Gasteiger partial charge in [0, 0.05) is 16.6 Å². The van der Waals surface area contributed by atoms with Gasteiger partial charge in [-0.1, -0.05) is 34.8 Å². The van der Waals surface area contributed by atoms with Crippen molar-refractivity contribution >= 4 is 72.1 Å². The van der Waals surface area contributed by atoms with Crippen molar-refractivity contribution in [1.29, 1.82) is 5.26 Å². The van der Waals surface area contributed by atoms with Gasteiger partial charge < -0.3 is 5.32 Å². The topological polar surface area (TPSA) is 136 Å². The van der Waals surface area contributed by atoms with E-state index in [4.69, 9.17) is 40.1 Å². The molecule has 0 aromatic heterocycles. The van der Waals surface area contributed by atoms with Crippen LogP contribution in [0.3, 0.4) is 0 Å². The van der Waals surface area contributed by atoms with E-state index in [9.17, 15) is 21.6 Å². The predicted molar refractivity (Wildman–Crippen MR) is 138 cm³/mol. The zero-order valence-corrected chi connectivity index (χ0v) is 22.3. The van der Waals surface area contributed by atoms with Gasteiger partial charge in [-0.05, 0) is 67.6 Å². The third-order valence-electron chi connectivity index (χ3n) is 4.77. The van der Waals surface area contributed by atoms with Crippen LogP contribution in [0.15, 0.2) is 70.5 Å². The highest BCUT2D eigenvalue weighted by Gasteiger charge is 2.24. The summed E-state index contributed by atoms with van der Waals surface area (Å²) in [4.78, 5) is 12.8. The van der Waals surface area contributed by atoms with Crippen LogP contribution in [0.1, 0.15) is 17.3 Å². The second-order valence-electron chi connectivity index (χ2n) is 7.11. The van der Waals surface area contributed by atoms with E-state index in [0.29, 0.717) is 9.33 Å². The average Bonchev–Trinajstić information content (AvgIpc) is 2.82. The van der Waals surface area contributed by atoms with Crippen LogP contribution < -0.4 is 10.0 Å². The highest BCUT2D eigenvalue weighted by Crippen LogP contribution is 2.30. The first kappa shape index (κ1) is 27.6. The maximum Gasteiger partial charge on any atom is 0.272 e. The number of rotatable bonds is 8. The van der Waals surface area contributed by atoms with E-state index in [1.807, 2.05) is 0 Å². The normalized spacial score (nSPS) is 11.4. The van der Waals surface area contributed by atoms with E-state index >= 15 is 0 Å². The van der Waals surface area contributed by atoms with Gasteiger partial charge >= 0.3 is 0 Å². The molecule has 2 N–H and O–H groups in total. The summed E-state index contributed by atoms with van der Waals surface area (Å²) in [7, 11) is -8.27. The molecule has 0 spiro atoms. The van der Waals surface area contributed by atoms with E-state index in [2.05, 4.69) is 10.0 Å². The molecule has 0 saturated heterocycles. The van der Waals surface area contributed by atoms with Gasteiger partial charge in [0.2, 0.25) is 0 Å². The third kappa shape index (κ3) is 6.03. The number of anilines is 2. The molecule has 3 rings (SSSR count). The van der Waals surface area contributed by atoms with Crippen molar-refractivity contribution in [3.05, 3.63) is 81.3 Å². The van der Waals surface area contributed by atoms with Gasteiger partial charge in [0.05, 0.1) is 31.8 Å². The van der Waals surface area contributed by atoms with Crippen LogP contribution in [-0.2, 0) is 20.0 Å². The molecular weight excluding hydrogens is 571 g/mol. The summed E-state index contributed by atoms with van der Waals surface area (Å²) >= 11 is 18.0. The molecular formula is C22H17Cl3N4O5S2. The van der Waals surface area contributed by atoms with Gasteiger partial charge in [-0.2, -0.15) is 5.26 Å². The Bertz CT molecular complexity index is 1570. The van der Waals surface area contributed by atoms with Crippen LogP contribution in [0, 0.1) is 11.5 Å². The summed E-state index contributed by atoms with van der Waals surface area (Å²) in [6.45, 7) is 1.40. The number of sulfonamides is 2. The third-order valence-corrected chi connectivity index (χ3v) is 8.74. The number of carbonyl (C=O) groups is 1. The number of nitrogens with one attached hydrogen (secondary N) is 2. The molecule has 0 aliphatic rings. The SMILES string of the molecule is CCN(C#N)S(=O)(=O)c1ccc(Cl)c(NC(=O)c2cc(Cl)ccc2NS(=O)(=O)c2ccc(Cl)cc2)c1. The van der Waals surface area contributed by atoms with Crippen LogP contribution in [0.25, 0.3) is 0 Å². The Hall–Kier alpha value is -3.01. The summed E-state index contributed by atoms with van der Waals surface area (Å²) < 4.78 is 53.9. The quantitative estimate of drug-likeness (QED) is 0.275.